The Bertz CT molecular complexity index is 65.7. The van der Waals surface area contributed by atoms with E-state index in [1.165, 1.54) is 0 Å². The van der Waals surface area contributed by atoms with Crippen LogP contribution in [0, 0.1) is 0 Å². The number of hydrogen-bond acceptors (Lipinski definition) is 1. The molecule has 0 rings (SSSR count). The van der Waals surface area contributed by atoms with Crippen molar-refractivity contribution < 1.29 is 5.11 Å². The topological polar surface area (TPSA) is 20.2 Å². The van der Waals surface area contributed by atoms with E-state index in [9.17, 15) is 5.11 Å². The van der Waals surface area contributed by atoms with Gasteiger partial charge in [-0.25, -0.2) is 0 Å². The summed E-state index contributed by atoms with van der Waals surface area (Å²) in [4.78, 5) is 0.303. The minimum absolute atomic E-state index is 0.148. The molecule has 0 amide bonds. The summed E-state index contributed by atoms with van der Waals surface area (Å²) in [7, 11) is 0. The van der Waals surface area contributed by atoms with Gasteiger partial charge in [0.1, 0.15) is 0 Å². The van der Waals surface area contributed by atoms with E-state index in [0.717, 1.165) is 25.7 Å². The summed E-state index contributed by atoms with van der Waals surface area (Å²) in [5.74, 6) is 0. The zero-order valence-electron chi connectivity index (χ0n) is 6.81. The minimum atomic E-state index is -0.148. The van der Waals surface area contributed by atoms with Crippen LogP contribution in [0.3, 0.4) is 0 Å². The highest BCUT2D eigenvalue weighted by molar-refractivity contribution is 9.09. The summed E-state index contributed by atoms with van der Waals surface area (Å²) in [6.45, 7) is 4.22. The van der Waals surface area contributed by atoms with Gasteiger partial charge in [0.2, 0.25) is 0 Å². The second-order valence-corrected chi connectivity index (χ2v) is 3.84. The largest absolute Gasteiger partial charge is 0.392 e. The number of aliphatic hydroxyl groups excluding tert-OH is 1. The summed E-state index contributed by atoms with van der Waals surface area (Å²) in [5.41, 5.74) is 0. The molecule has 0 spiro atoms. The van der Waals surface area contributed by atoms with Crippen molar-refractivity contribution in [2.45, 2.75) is 50.5 Å². The number of hydrogen-bond donors (Lipinski definition) is 1. The highest BCUT2D eigenvalue weighted by atomic mass is 79.9. The molecule has 0 aromatic heterocycles. The van der Waals surface area contributed by atoms with Crippen molar-refractivity contribution in [2.75, 3.05) is 0 Å². The summed E-state index contributed by atoms with van der Waals surface area (Å²) in [6, 6.07) is 0. The monoisotopic (exact) mass is 208 g/mol. The van der Waals surface area contributed by atoms with Crippen LogP contribution < -0.4 is 0 Å². The molecule has 0 aliphatic heterocycles. The van der Waals surface area contributed by atoms with E-state index in [1.807, 2.05) is 0 Å². The van der Waals surface area contributed by atoms with E-state index in [-0.39, 0.29) is 6.10 Å². The van der Waals surface area contributed by atoms with Crippen molar-refractivity contribution in [3.63, 3.8) is 0 Å². The highest BCUT2D eigenvalue weighted by Gasteiger charge is 2.12. The van der Waals surface area contributed by atoms with E-state index in [2.05, 4.69) is 29.8 Å². The first-order chi connectivity index (χ1) is 4.72. The van der Waals surface area contributed by atoms with Gasteiger partial charge in [-0.3, -0.25) is 0 Å². The van der Waals surface area contributed by atoms with Gasteiger partial charge in [0.15, 0.2) is 0 Å². The number of aliphatic hydroxyl groups is 1. The van der Waals surface area contributed by atoms with Crippen molar-refractivity contribution in [2.24, 2.45) is 0 Å². The summed E-state index contributed by atoms with van der Waals surface area (Å²) in [6.07, 6.45) is 4.03. The van der Waals surface area contributed by atoms with Gasteiger partial charge in [0.25, 0.3) is 0 Å². The maximum atomic E-state index is 9.40. The third-order valence-corrected chi connectivity index (χ3v) is 2.63. The number of rotatable bonds is 5. The molecular formula is C8H17BrO. The van der Waals surface area contributed by atoms with Gasteiger partial charge < -0.3 is 5.11 Å². The second-order valence-electron chi connectivity index (χ2n) is 2.66. The predicted molar refractivity (Wildman–Crippen MR) is 48.5 cm³/mol. The maximum absolute atomic E-state index is 9.40. The lowest BCUT2D eigenvalue weighted by atomic mass is 10.1. The van der Waals surface area contributed by atoms with Crippen LogP contribution in [0.4, 0.5) is 0 Å². The van der Waals surface area contributed by atoms with Gasteiger partial charge >= 0.3 is 0 Å². The SMILES string of the molecule is CCC[C@@H](Br)[C@@H](O)CCC. The second kappa shape index (κ2) is 6.17. The van der Waals surface area contributed by atoms with Crippen LogP contribution in [-0.4, -0.2) is 16.0 Å². The minimum Gasteiger partial charge on any atom is -0.392 e. The van der Waals surface area contributed by atoms with Crippen molar-refractivity contribution in [1.29, 1.82) is 0 Å². The lowest BCUT2D eigenvalue weighted by Crippen LogP contribution is -2.19. The van der Waals surface area contributed by atoms with Gasteiger partial charge in [-0.15, -0.1) is 0 Å². The molecule has 62 valence electrons. The van der Waals surface area contributed by atoms with Crippen LogP contribution in [0.25, 0.3) is 0 Å². The molecule has 10 heavy (non-hydrogen) atoms. The molecule has 0 aromatic rings. The standard InChI is InChI=1S/C8H17BrO/c1-3-5-7(9)8(10)6-4-2/h7-8,10H,3-6H2,1-2H3/t7-,8+/m1/s1. The zero-order chi connectivity index (χ0) is 7.98. The Morgan fingerprint density at radius 1 is 1.20 bits per heavy atom. The molecule has 1 N–H and O–H groups in total. The molecule has 2 atom stereocenters. The first-order valence-corrected chi connectivity index (χ1v) is 4.96. The van der Waals surface area contributed by atoms with Crippen LogP contribution in [0.2, 0.25) is 0 Å². The molecule has 2 heteroatoms. The fourth-order valence-corrected chi connectivity index (χ4v) is 1.67. The predicted octanol–water partition coefficient (Wildman–Crippen LogP) is 2.71. The molecule has 0 radical (unpaired) electrons. The quantitative estimate of drug-likeness (QED) is 0.690. The molecule has 0 saturated heterocycles. The van der Waals surface area contributed by atoms with Crippen LogP contribution in [0.5, 0.6) is 0 Å². The fourth-order valence-electron chi connectivity index (χ4n) is 0.945. The van der Waals surface area contributed by atoms with Crippen molar-refractivity contribution in [3.05, 3.63) is 0 Å². The van der Waals surface area contributed by atoms with Gasteiger partial charge in [0, 0.05) is 4.83 Å². The van der Waals surface area contributed by atoms with Gasteiger partial charge in [0.05, 0.1) is 6.10 Å². The van der Waals surface area contributed by atoms with E-state index < -0.39 is 0 Å². The van der Waals surface area contributed by atoms with Gasteiger partial charge in [-0.05, 0) is 12.8 Å². The Morgan fingerprint density at radius 3 is 2.10 bits per heavy atom. The summed E-state index contributed by atoms with van der Waals surface area (Å²) >= 11 is 3.45. The Hall–Kier alpha value is 0.440. The molecule has 0 saturated carbocycles. The van der Waals surface area contributed by atoms with E-state index >= 15 is 0 Å². The Morgan fingerprint density at radius 2 is 1.70 bits per heavy atom. The van der Waals surface area contributed by atoms with Gasteiger partial charge in [-0.1, -0.05) is 42.6 Å². The normalized spacial score (nSPS) is 16.8. The first-order valence-electron chi connectivity index (χ1n) is 4.04. The smallest absolute Gasteiger partial charge is 0.0665 e. The van der Waals surface area contributed by atoms with Crippen LogP contribution >= 0.6 is 15.9 Å². The molecule has 0 fully saturated rings. The molecule has 0 heterocycles. The summed E-state index contributed by atoms with van der Waals surface area (Å²) in [5, 5.41) is 9.40. The molecular weight excluding hydrogens is 192 g/mol. The fraction of sp³-hybridized carbons (Fsp3) is 1.00. The lowest BCUT2D eigenvalue weighted by molar-refractivity contribution is 0.159. The zero-order valence-corrected chi connectivity index (χ0v) is 8.39. The van der Waals surface area contributed by atoms with E-state index in [4.69, 9.17) is 0 Å². The van der Waals surface area contributed by atoms with Crippen LogP contribution in [-0.2, 0) is 0 Å². The molecule has 1 nitrogen and oxygen atoms in total. The number of halogens is 1. The van der Waals surface area contributed by atoms with Crippen molar-refractivity contribution in [3.8, 4) is 0 Å². The highest BCUT2D eigenvalue weighted by Crippen LogP contribution is 2.15. The van der Waals surface area contributed by atoms with Crippen LogP contribution in [0.1, 0.15) is 39.5 Å². The summed E-state index contributed by atoms with van der Waals surface area (Å²) < 4.78 is 0. The van der Waals surface area contributed by atoms with E-state index in [1.54, 1.807) is 0 Å². The first kappa shape index (κ1) is 10.4. The maximum Gasteiger partial charge on any atom is 0.0665 e. The van der Waals surface area contributed by atoms with Crippen molar-refractivity contribution in [1.82, 2.24) is 0 Å². The third-order valence-electron chi connectivity index (χ3n) is 1.57. The molecule has 0 aliphatic carbocycles. The third kappa shape index (κ3) is 4.29. The molecule has 0 unspecified atom stereocenters. The molecule has 0 bridgehead atoms. The average molecular weight is 209 g/mol. The van der Waals surface area contributed by atoms with Crippen LogP contribution in [0.15, 0.2) is 0 Å². The van der Waals surface area contributed by atoms with Gasteiger partial charge in [-0.2, -0.15) is 0 Å². The Balaban J connectivity index is 3.38. The Labute approximate surface area is 72.0 Å². The molecule has 0 aromatic carbocycles. The lowest BCUT2D eigenvalue weighted by Gasteiger charge is -2.14. The number of alkyl halides is 1. The van der Waals surface area contributed by atoms with Crippen molar-refractivity contribution >= 4 is 15.9 Å². The van der Waals surface area contributed by atoms with E-state index in [0.29, 0.717) is 4.83 Å². The Kier molecular flexibility index (Phi) is 6.44. The average Bonchev–Trinajstić information content (AvgIpc) is 1.89. The molecule has 0 aliphatic rings.